The van der Waals surface area contributed by atoms with Crippen LogP contribution < -0.4 is 4.74 Å². The predicted octanol–water partition coefficient (Wildman–Crippen LogP) is 4.89. The maximum absolute atomic E-state index is 12.4. The molecule has 0 spiro atoms. The van der Waals surface area contributed by atoms with Gasteiger partial charge in [0, 0.05) is 5.02 Å². The average Bonchev–Trinajstić information content (AvgIpc) is 2.96. The number of carbonyl (C=O) groups is 3. The van der Waals surface area contributed by atoms with Crippen molar-refractivity contribution in [1.82, 2.24) is 4.90 Å². The van der Waals surface area contributed by atoms with Gasteiger partial charge in [-0.3, -0.25) is 19.3 Å². The van der Waals surface area contributed by atoms with Gasteiger partial charge in [-0.2, -0.15) is 0 Å². The number of imide groups is 1. The smallest absolute Gasteiger partial charge is 0.325 e. The summed E-state index contributed by atoms with van der Waals surface area (Å²) in [7, 11) is 1.20. The highest BCUT2D eigenvalue weighted by Gasteiger charge is 2.36. The third kappa shape index (κ3) is 5.41. The summed E-state index contributed by atoms with van der Waals surface area (Å²) < 4.78 is 11.0. The molecule has 0 aliphatic carbocycles. The molecule has 2 amide bonds. The lowest BCUT2D eigenvalue weighted by Gasteiger charge is -2.10. The summed E-state index contributed by atoms with van der Waals surface area (Å²) in [5.41, 5.74) is 1.68. The fraction of sp³-hybridized carbons (Fsp3) is 0.150. The fourth-order valence-electron chi connectivity index (χ4n) is 2.45. The van der Waals surface area contributed by atoms with Crippen molar-refractivity contribution >= 4 is 62.5 Å². The van der Waals surface area contributed by atoms with Crippen molar-refractivity contribution in [2.24, 2.45) is 0 Å². The molecule has 0 radical (unpaired) electrons. The molecule has 1 aliphatic rings. The Morgan fingerprint density at radius 1 is 1.21 bits per heavy atom. The minimum absolute atomic E-state index is 0.237. The molecule has 29 heavy (non-hydrogen) atoms. The number of benzene rings is 2. The minimum atomic E-state index is -0.654. The highest BCUT2D eigenvalue weighted by atomic mass is 79.9. The van der Waals surface area contributed by atoms with E-state index in [0.717, 1.165) is 22.2 Å². The van der Waals surface area contributed by atoms with E-state index in [1.807, 2.05) is 12.1 Å². The average molecular weight is 497 g/mol. The monoisotopic (exact) mass is 495 g/mol. The Bertz CT molecular complexity index is 993. The van der Waals surface area contributed by atoms with Crippen LogP contribution in [-0.2, 0) is 20.9 Å². The molecular formula is C20H15BrClNO5S. The predicted molar refractivity (Wildman–Crippen MR) is 115 cm³/mol. The second kappa shape index (κ2) is 9.47. The standard InChI is InChI=1S/C20H15BrClNO5S/c1-27-18(24)10-23-19(25)17(29-20(23)26)9-13-4-7-16(15(21)8-13)28-11-12-2-5-14(22)6-3-12/h2-9H,10-11H2,1H3/b17-9-. The molecule has 3 rings (SSSR count). The number of thioether (sulfide) groups is 1. The molecule has 150 valence electrons. The molecule has 0 atom stereocenters. The summed E-state index contributed by atoms with van der Waals surface area (Å²) in [4.78, 5) is 36.8. The zero-order valence-corrected chi connectivity index (χ0v) is 18.3. The van der Waals surface area contributed by atoms with Gasteiger partial charge < -0.3 is 9.47 Å². The molecule has 1 fully saturated rings. The zero-order chi connectivity index (χ0) is 21.0. The second-order valence-corrected chi connectivity index (χ2v) is 8.23. The first-order valence-electron chi connectivity index (χ1n) is 8.36. The van der Waals surface area contributed by atoms with Crippen LogP contribution in [0.15, 0.2) is 51.8 Å². The van der Waals surface area contributed by atoms with Gasteiger partial charge in [0.05, 0.1) is 16.5 Å². The van der Waals surface area contributed by atoms with Gasteiger partial charge in [-0.05, 0) is 69.2 Å². The number of methoxy groups -OCH3 is 1. The summed E-state index contributed by atoms with van der Waals surface area (Å²) >= 11 is 10.1. The normalized spacial score (nSPS) is 15.1. The van der Waals surface area contributed by atoms with Crippen molar-refractivity contribution in [3.63, 3.8) is 0 Å². The van der Waals surface area contributed by atoms with E-state index < -0.39 is 23.7 Å². The molecular weight excluding hydrogens is 482 g/mol. The van der Waals surface area contributed by atoms with E-state index in [1.54, 1.807) is 36.4 Å². The molecule has 2 aromatic rings. The first-order chi connectivity index (χ1) is 13.9. The number of esters is 1. The fourth-order valence-corrected chi connectivity index (χ4v) is 3.92. The SMILES string of the molecule is COC(=O)CN1C(=O)S/C(=C\c2ccc(OCc3ccc(Cl)cc3)c(Br)c2)C1=O. The van der Waals surface area contributed by atoms with E-state index in [4.69, 9.17) is 16.3 Å². The number of amides is 2. The van der Waals surface area contributed by atoms with Gasteiger partial charge in [0.15, 0.2) is 0 Å². The Labute approximate surface area is 184 Å². The molecule has 0 bridgehead atoms. The first kappa shape index (κ1) is 21.4. The molecule has 1 heterocycles. The molecule has 1 saturated heterocycles. The van der Waals surface area contributed by atoms with Gasteiger partial charge in [0.25, 0.3) is 11.1 Å². The maximum atomic E-state index is 12.4. The quantitative estimate of drug-likeness (QED) is 0.419. The van der Waals surface area contributed by atoms with Crippen LogP contribution in [0.1, 0.15) is 11.1 Å². The Balaban J connectivity index is 1.69. The van der Waals surface area contributed by atoms with Gasteiger partial charge in [0.2, 0.25) is 0 Å². The molecule has 9 heteroatoms. The van der Waals surface area contributed by atoms with Gasteiger partial charge in [-0.15, -0.1) is 0 Å². The number of nitrogens with zero attached hydrogens (tertiary/aromatic N) is 1. The molecule has 0 saturated carbocycles. The number of ether oxygens (including phenoxy) is 2. The van der Waals surface area contributed by atoms with Crippen molar-refractivity contribution in [1.29, 1.82) is 0 Å². The lowest BCUT2D eigenvalue weighted by molar-refractivity contribution is -0.143. The molecule has 6 nitrogen and oxygen atoms in total. The molecule has 0 aromatic heterocycles. The largest absolute Gasteiger partial charge is 0.488 e. The Hall–Kier alpha value is -2.29. The number of halogens is 2. The summed E-state index contributed by atoms with van der Waals surface area (Å²) in [6.07, 6.45) is 1.59. The third-order valence-electron chi connectivity index (χ3n) is 3.95. The van der Waals surface area contributed by atoms with E-state index in [2.05, 4.69) is 20.7 Å². The number of hydrogen-bond donors (Lipinski definition) is 0. The van der Waals surface area contributed by atoms with Crippen LogP contribution in [-0.4, -0.2) is 35.7 Å². The van der Waals surface area contributed by atoms with Crippen LogP contribution in [0.3, 0.4) is 0 Å². The molecule has 0 unspecified atom stereocenters. The van der Waals surface area contributed by atoms with Gasteiger partial charge in [-0.1, -0.05) is 29.8 Å². The van der Waals surface area contributed by atoms with E-state index in [1.165, 1.54) is 7.11 Å². The van der Waals surface area contributed by atoms with E-state index in [0.29, 0.717) is 27.4 Å². The van der Waals surface area contributed by atoms with Crippen LogP contribution >= 0.6 is 39.3 Å². The maximum Gasteiger partial charge on any atom is 0.325 e. The number of rotatable bonds is 6. The van der Waals surface area contributed by atoms with Gasteiger partial charge >= 0.3 is 5.97 Å². The second-order valence-electron chi connectivity index (χ2n) is 5.95. The summed E-state index contributed by atoms with van der Waals surface area (Å²) in [6, 6.07) is 12.7. The van der Waals surface area contributed by atoms with Gasteiger partial charge in [0.1, 0.15) is 18.9 Å². The molecule has 2 aromatic carbocycles. The van der Waals surface area contributed by atoms with Crippen molar-refractivity contribution in [2.45, 2.75) is 6.61 Å². The highest BCUT2D eigenvalue weighted by molar-refractivity contribution is 9.10. The van der Waals surface area contributed by atoms with Crippen LogP contribution in [0, 0.1) is 0 Å². The Morgan fingerprint density at radius 2 is 1.93 bits per heavy atom. The van der Waals surface area contributed by atoms with Crippen LogP contribution in [0.2, 0.25) is 5.02 Å². The Morgan fingerprint density at radius 3 is 2.59 bits per heavy atom. The number of carbonyl (C=O) groups excluding carboxylic acids is 3. The summed E-state index contributed by atoms with van der Waals surface area (Å²) in [5.74, 6) is -0.543. The molecule has 1 aliphatic heterocycles. The lowest BCUT2D eigenvalue weighted by Crippen LogP contribution is -2.34. The highest BCUT2D eigenvalue weighted by Crippen LogP contribution is 2.34. The van der Waals surface area contributed by atoms with Crippen molar-refractivity contribution < 1.29 is 23.9 Å². The van der Waals surface area contributed by atoms with E-state index >= 15 is 0 Å². The van der Waals surface area contributed by atoms with Crippen LogP contribution in [0.5, 0.6) is 5.75 Å². The van der Waals surface area contributed by atoms with Crippen LogP contribution in [0.25, 0.3) is 6.08 Å². The zero-order valence-electron chi connectivity index (χ0n) is 15.2. The topological polar surface area (TPSA) is 72.9 Å². The Kier molecular flexibility index (Phi) is 7.00. The third-order valence-corrected chi connectivity index (χ3v) is 5.73. The minimum Gasteiger partial charge on any atom is -0.488 e. The van der Waals surface area contributed by atoms with Crippen molar-refractivity contribution in [3.05, 3.63) is 68.0 Å². The summed E-state index contributed by atoms with van der Waals surface area (Å²) in [5, 5.41) is 0.156. The molecule has 0 N–H and O–H groups in total. The number of hydrogen-bond acceptors (Lipinski definition) is 6. The van der Waals surface area contributed by atoms with E-state index in [9.17, 15) is 14.4 Å². The van der Waals surface area contributed by atoms with Crippen LogP contribution in [0.4, 0.5) is 4.79 Å². The summed E-state index contributed by atoms with van der Waals surface area (Å²) in [6.45, 7) is -0.0266. The van der Waals surface area contributed by atoms with E-state index in [-0.39, 0.29) is 4.91 Å². The van der Waals surface area contributed by atoms with Crippen molar-refractivity contribution in [3.8, 4) is 5.75 Å². The van der Waals surface area contributed by atoms with Crippen molar-refractivity contribution in [2.75, 3.05) is 13.7 Å². The van der Waals surface area contributed by atoms with Gasteiger partial charge in [-0.25, -0.2) is 0 Å². The lowest BCUT2D eigenvalue weighted by atomic mass is 10.2. The first-order valence-corrected chi connectivity index (χ1v) is 10.3.